The summed E-state index contributed by atoms with van der Waals surface area (Å²) >= 11 is 7.35. The Bertz CT molecular complexity index is 680. The number of thiazole rings is 1. The molecule has 1 aliphatic carbocycles. The fourth-order valence-corrected chi connectivity index (χ4v) is 3.98. The van der Waals surface area contributed by atoms with Gasteiger partial charge in [-0.3, -0.25) is 9.69 Å². The van der Waals surface area contributed by atoms with Crippen molar-refractivity contribution in [1.29, 1.82) is 0 Å². The second-order valence-corrected chi connectivity index (χ2v) is 7.59. The van der Waals surface area contributed by atoms with E-state index >= 15 is 0 Å². The first-order valence-corrected chi connectivity index (χ1v) is 9.59. The maximum Gasteiger partial charge on any atom is 0.240 e. The molecule has 1 N–H and O–H groups in total. The van der Waals surface area contributed by atoms with Gasteiger partial charge in [-0.25, -0.2) is 4.98 Å². The number of rotatable bonds is 5. The molecule has 1 amide bonds. The van der Waals surface area contributed by atoms with Crippen LogP contribution in [0.4, 0.5) is 5.13 Å². The predicted molar refractivity (Wildman–Crippen MR) is 101 cm³/mol. The zero-order valence-corrected chi connectivity index (χ0v) is 15.4. The third kappa shape index (κ3) is 4.56. The first-order chi connectivity index (χ1) is 11.6. The number of hydrogen-bond acceptors (Lipinski definition) is 4. The molecule has 3 rings (SSSR count). The van der Waals surface area contributed by atoms with Crippen molar-refractivity contribution in [3.63, 3.8) is 0 Å². The zero-order valence-electron chi connectivity index (χ0n) is 13.8. The van der Waals surface area contributed by atoms with Gasteiger partial charge in [0.15, 0.2) is 5.13 Å². The van der Waals surface area contributed by atoms with Gasteiger partial charge in [-0.2, -0.15) is 0 Å². The van der Waals surface area contributed by atoms with Gasteiger partial charge in [-0.1, -0.05) is 43.0 Å². The monoisotopic (exact) mass is 363 g/mol. The largest absolute Gasteiger partial charge is 0.301 e. The van der Waals surface area contributed by atoms with Crippen LogP contribution in [0.25, 0.3) is 11.3 Å². The van der Waals surface area contributed by atoms with E-state index in [9.17, 15) is 4.79 Å². The van der Waals surface area contributed by atoms with Crippen LogP contribution in [0.2, 0.25) is 5.02 Å². The lowest BCUT2D eigenvalue weighted by molar-refractivity contribution is -0.117. The summed E-state index contributed by atoms with van der Waals surface area (Å²) in [5.41, 5.74) is 1.85. The molecule has 1 aromatic carbocycles. The van der Waals surface area contributed by atoms with E-state index < -0.39 is 0 Å². The molecule has 1 aliphatic rings. The van der Waals surface area contributed by atoms with E-state index in [4.69, 9.17) is 11.6 Å². The molecule has 24 heavy (non-hydrogen) atoms. The molecule has 6 heteroatoms. The number of carbonyl (C=O) groups excluding carboxylic acids is 1. The van der Waals surface area contributed by atoms with E-state index in [-0.39, 0.29) is 5.91 Å². The number of nitrogens with one attached hydrogen (secondary N) is 1. The van der Waals surface area contributed by atoms with Gasteiger partial charge in [0.1, 0.15) is 0 Å². The van der Waals surface area contributed by atoms with Crippen LogP contribution in [0.5, 0.6) is 0 Å². The molecule has 0 aliphatic heterocycles. The van der Waals surface area contributed by atoms with Crippen molar-refractivity contribution >= 4 is 34.0 Å². The molecule has 1 saturated carbocycles. The molecule has 0 radical (unpaired) electrons. The smallest absolute Gasteiger partial charge is 0.240 e. The van der Waals surface area contributed by atoms with Gasteiger partial charge in [0.2, 0.25) is 5.91 Å². The second-order valence-electron chi connectivity index (χ2n) is 6.30. The molecule has 0 bridgehead atoms. The van der Waals surface area contributed by atoms with E-state index in [0.29, 0.717) is 22.7 Å². The number of amides is 1. The summed E-state index contributed by atoms with van der Waals surface area (Å²) in [5, 5.41) is 6.21. The zero-order chi connectivity index (χ0) is 16.9. The summed E-state index contributed by atoms with van der Waals surface area (Å²) in [6, 6.07) is 8.08. The van der Waals surface area contributed by atoms with Crippen molar-refractivity contribution in [2.24, 2.45) is 0 Å². The first-order valence-electron chi connectivity index (χ1n) is 8.33. The Labute approximate surface area is 151 Å². The highest BCUT2D eigenvalue weighted by Gasteiger charge is 2.20. The number of carbonyl (C=O) groups is 1. The van der Waals surface area contributed by atoms with Gasteiger partial charge in [-0.15, -0.1) is 11.3 Å². The van der Waals surface area contributed by atoms with Crippen molar-refractivity contribution in [3.05, 3.63) is 34.7 Å². The highest BCUT2D eigenvalue weighted by Crippen LogP contribution is 2.26. The average Bonchev–Trinajstić information content (AvgIpc) is 3.04. The van der Waals surface area contributed by atoms with Crippen LogP contribution in [0.1, 0.15) is 32.1 Å². The Morgan fingerprint density at radius 1 is 1.29 bits per heavy atom. The third-order valence-electron chi connectivity index (χ3n) is 4.48. The molecule has 128 valence electrons. The number of hydrogen-bond donors (Lipinski definition) is 1. The van der Waals surface area contributed by atoms with Crippen LogP contribution >= 0.6 is 22.9 Å². The summed E-state index contributed by atoms with van der Waals surface area (Å²) in [6.07, 6.45) is 6.26. The predicted octanol–water partition coefficient (Wildman–Crippen LogP) is 4.67. The molecule has 2 aromatic rings. The number of nitrogens with zero attached hydrogens (tertiary/aromatic N) is 2. The molecule has 4 nitrogen and oxygen atoms in total. The SMILES string of the molecule is CN(CC(=O)Nc1nc(-c2ccc(Cl)cc2)cs1)C1CCCCC1. The van der Waals surface area contributed by atoms with Gasteiger partial charge in [-0.05, 0) is 32.0 Å². The highest BCUT2D eigenvalue weighted by molar-refractivity contribution is 7.14. The molecule has 1 aromatic heterocycles. The van der Waals surface area contributed by atoms with E-state index in [1.54, 1.807) is 0 Å². The van der Waals surface area contributed by atoms with Crippen LogP contribution < -0.4 is 5.32 Å². The average molecular weight is 364 g/mol. The van der Waals surface area contributed by atoms with E-state index in [2.05, 4.69) is 15.2 Å². The normalized spacial score (nSPS) is 15.6. The summed E-state index contributed by atoms with van der Waals surface area (Å²) in [7, 11) is 2.04. The van der Waals surface area contributed by atoms with Crippen molar-refractivity contribution < 1.29 is 4.79 Å². The molecule has 0 unspecified atom stereocenters. The Morgan fingerprint density at radius 3 is 2.71 bits per heavy atom. The molecule has 0 spiro atoms. The number of aromatic nitrogens is 1. The minimum Gasteiger partial charge on any atom is -0.301 e. The summed E-state index contributed by atoms with van der Waals surface area (Å²) in [5.74, 6) is 0.0000737. The molecule has 0 saturated heterocycles. The molecule has 1 heterocycles. The van der Waals surface area contributed by atoms with E-state index in [1.807, 2.05) is 36.7 Å². The topological polar surface area (TPSA) is 45.2 Å². The van der Waals surface area contributed by atoms with Gasteiger partial charge >= 0.3 is 0 Å². The number of anilines is 1. The first kappa shape index (κ1) is 17.4. The van der Waals surface area contributed by atoms with Crippen LogP contribution in [0.3, 0.4) is 0 Å². The van der Waals surface area contributed by atoms with Crippen molar-refractivity contribution in [2.45, 2.75) is 38.1 Å². The lowest BCUT2D eigenvalue weighted by Crippen LogP contribution is -2.39. The summed E-state index contributed by atoms with van der Waals surface area (Å²) in [6.45, 7) is 0.417. The second kappa shape index (κ2) is 8.10. The van der Waals surface area contributed by atoms with Gasteiger partial charge in [0.05, 0.1) is 12.2 Å². The van der Waals surface area contributed by atoms with Gasteiger partial charge in [0, 0.05) is 22.0 Å². The third-order valence-corrected chi connectivity index (χ3v) is 5.49. The van der Waals surface area contributed by atoms with E-state index in [1.165, 1.54) is 43.4 Å². The summed E-state index contributed by atoms with van der Waals surface area (Å²) in [4.78, 5) is 18.9. The van der Waals surface area contributed by atoms with Crippen molar-refractivity contribution in [3.8, 4) is 11.3 Å². The fourth-order valence-electron chi connectivity index (χ4n) is 3.12. The quantitative estimate of drug-likeness (QED) is 0.839. The Kier molecular flexibility index (Phi) is 5.87. The standard InChI is InChI=1S/C18H22ClN3OS/c1-22(15-5-3-2-4-6-15)11-17(23)21-18-20-16(12-24-18)13-7-9-14(19)10-8-13/h7-10,12,15H,2-6,11H2,1H3,(H,20,21,23). The maximum absolute atomic E-state index is 12.3. The number of benzene rings is 1. The van der Waals surface area contributed by atoms with Crippen LogP contribution in [0.15, 0.2) is 29.6 Å². The fraction of sp³-hybridized carbons (Fsp3) is 0.444. The van der Waals surface area contributed by atoms with Crippen LogP contribution in [0, 0.1) is 0 Å². The molecular weight excluding hydrogens is 342 g/mol. The Hall–Kier alpha value is -1.43. The van der Waals surface area contributed by atoms with Crippen molar-refractivity contribution in [1.82, 2.24) is 9.88 Å². The number of halogens is 1. The lowest BCUT2D eigenvalue weighted by Gasteiger charge is -2.30. The van der Waals surface area contributed by atoms with Gasteiger partial charge < -0.3 is 5.32 Å². The van der Waals surface area contributed by atoms with Crippen molar-refractivity contribution in [2.75, 3.05) is 18.9 Å². The van der Waals surface area contributed by atoms with Crippen LogP contribution in [-0.4, -0.2) is 35.4 Å². The molecular formula is C18H22ClN3OS. The Morgan fingerprint density at radius 2 is 2.00 bits per heavy atom. The number of likely N-dealkylation sites (N-methyl/N-ethyl adjacent to an activating group) is 1. The highest BCUT2D eigenvalue weighted by atomic mass is 35.5. The summed E-state index contributed by atoms with van der Waals surface area (Å²) < 4.78 is 0. The van der Waals surface area contributed by atoms with Gasteiger partial charge in [0.25, 0.3) is 0 Å². The maximum atomic E-state index is 12.3. The molecule has 1 fully saturated rings. The van der Waals surface area contributed by atoms with Crippen LogP contribution in [-0.2, 0) is 4.79 Å². The minimum atomic E-state index is 0.0000737. The lowest BCUT2D eigenvalue weighted by atomic mass is 9.94. The Balaban J connectivity index is 1.56. The molecule has 0 atom stereocenters. The minimum absolute atomic E-state index is 0.0000737. The van der Waals surface area contributed by atoms with E-state index in [0.717, 1.165) is 11.3 Å².